The molecule has 0 aliphatic carbocycles. The van der Waals surface area contributed by atoms with E-state index in [0.29, 0.717) is 17.2 Å². The number of amides is 2. The van der Waals surface area contributed by atoms with E-state index in [1.807, 2.05) is 18.2 Å². The number of carbonyl (C=O) groups excluding carboxylic acids is 1. The minimum Gasteiger partial charge on any atom is -0.478 e. The average molecular weight is 453 g/mol. The van der Waals surface area contributed by atoms with Crippen molar-refractivity contribution in [3.8, 4) is 22.8 Å². The lowest BCUT2D eigenvalue weighted by atomic mass is 10.00. The summed E-state index contributed by atoms with van der Waals surface area (Å²) in [7, 11) is 0. The van der Waals surface area contributed by atoms with Gasteiger partial charge in [-0.3, -0.25) is 0 Å². The second-order valence-corrected chi connectivity index (χ2v) is 8.02. The topological polar surface area (TPSA) is 135 Å². The number of benzene rings is 2. The quantitative estimate of drug-likeness (QED) is 0.517. The monoisotopic (exact) mass is 453 g/mol. The highest BCUT2D eigenvalue weighted by atomic mass is 19.1. The second-order valence-electron chi connectivity index (χ2n) is 8.02. The lowest BCUT2D eigenvalue weighted by molar-refractivity contribution is 0.0692. The zero-order valence-corrected chi connectivity index (χ0v) is 18.0. The third-order valence-electron chi connectivity index (χ3n) is 5.78. The molecule has 0 saturated carbocycles. The molecule has 2 heterocycles. The van der Waals surface area contributed by atoms with E-state index in [-0.39, 0.29) is 18.3 Å². The van der Waals surface area contributed by atoms with E-state index >= 15 is 0 Å². The van der Waals surface area contributed by atoms with E-state index in [2.05, 4.69) is 27.3 Å². The number of carboxylic acids is 1. The zero-order valence-electron chi connectivity index (χ0n) is 18.0. The largest absolute Gasteiger partial charge is 0.478 e. The van der Waals surface area contributed by atoms with Crippen molar-refractivity contribution in [1.29, 1.82) is 0 Å². The third-order valence-corrected chi connectivity index (χ3v) is 5.78. The Hall–Kier alpha value is -3.95. The van der Waals surface area contributed by atoms with E-state index in [1.165, 1.54) is 12.5 Å². The van der Waals surface area contributed by atoms with Crippen molar-refractivity contribution >= 4 is 17.7 Å². The third kappa shape index (κ3) is 4.79. The Bertz CT molecular complexity index is 1200. The first kappa shape index (κ1) is 22.3. The van der Waals surface area contributed by atoms with Gasteiger partial charge in [-0.25, -0.2) is 14.0 Å². The minimum absolute atomic E-state index is 0.131. The summed E-state index contributed by atoms with van der Waals surface area (Å²) in [6.45, 7) is 3.34. The van der Waals surface area contributed by atoms with Gasteiger partial charge >= 0.3 is 12.0 Å². The smallest absolute Gasteiger partial charge is 0.338 e. The Balaban J connectivity index is 1.66. The maximum absolute atomic E-state index is 14.1. The molecule has 0 bridgehead atoms. The number of aromatic nitrogens is 2. The number of nitrogens with two attached hydrogens (primary N) is 1. The Labute approximate surface area is 189 Å². The molecular weight excluding hydrogens is 429 g/mol. The summed E-state index contributed by atoms with van der Waals surface area (Å²) in [5, 5.41) is 15.5. The van der Waals surface area contributed by atoms with Crippen LogP contribution in [0.4, 0.5) is 14.9 Å². The predicted octanol–water partition coefficient (Wildman–Crippen LogP) is 3.79. The number of piperidine rings is 1. The highest BCUT2D eigenvalue weighted by Crippen LogP contribution is 2.32. The Morgan fingerprint density at radius 1 is 1.24 bits per heavy atom. The molecule has 33 heavy (non-hydrogen) atoms. The van der Waals surface area contributed by atoms with Crippen LogP contribution in [0.15, 0.2) is 40.9 Å². The highest BCUT2D eigenvalue weighted by molar-refractivity contribution is 5.88. The first-order chi connectivity index (χ1) is 15.8. The normalized spacial score (nSPS) is 15.9. The van der Waals surface area contributed by atoms with Gasteiger partial charge in [0.05, 0.1) is 5.56 Å². The van der Waals surface area contributed by atoms with Crippen LogP contribution in [0.2, 0.25) is 0 Å². The summed E-state index contributed by atoms with van der Waals surface area (Å²) in [6.07, 6.45) is 3.37. The number of rotatable bonds is 6. The van der Waals surface area contributed by atoms with Crippen molar-refractivity contribution in [3.63, 3.8) is 0 Å². The number of urea groups is 1. The lowest BCUT2D eigenvalue weighted by Crippen LogP contribution is -2.38. The van der Waals surface area contributed by atoms with Gasteiger partial charge in [-0.15, -0.1) is 0 Å². The van der Waals surface area contributed by atoms with Crippen molar-refractivity contribution < 1.29 is 23.6 Å². The maximum Gasteiger partial charge on any atom is 0.338 e. The number of anilines is 1. The molecule has 172 valence electrons. The molecule has 9 nitrogen and oxygen atoms in total. The van der Waals surface area contributed by atoms with Crippen molar-refractivity contribution in [1.82, 2.24) is 15.5 Å². The molecule has 2 aromatic carbocycles. The fourth-order valence-corrected chi connectivity index (χ4v) is 4.06. The number of aromatic carboxylic acids is 1. The first-order valence-corrected chi connectivity index (χ1v) is 10.6. The van der Waals surface area contributed by atoms with Crippen LogP contribution in [-0.4, -0.2) is 39.8 Å². The summed E-state index contributed by atoms with van der Waals surface area (Å²) in [4.78, 5) is 29.0. The van der Waals surface area contributed by atoms with Gasteiger partial charge in [-0.05, 0) is 68.1 Å². The molecule has 1 aliphatic heterocycles. The molecule has 0 spiro atoms. The van der Waals surface area contributed by atoms with E-state index in [4.69, 9.17) is 15.4 Å². The fraction of sp³-hybridized carbons (Fsp3) is 0.304. The number of nitrogens with zero attached hydrogens (tertiary/aromatic N) is 3. The van der Waals surface area contributed by atoms with Crippen molar-refractivity contribution in [2.45, 2.75) is 38.8 Å². The second kappa shape index (κ2) is 9.27. The van der Waals surface area contributed by atoms with Crippen LogP contribution in [0, 0.1) is 5.82 Å². The molecule has 1 aromatic heterocycles. The molecule has 1 aliphatic rings. The van der Waals surface area contributed by atoms with Crippen molar-refractivity contribution in [2.24, 2.45) is 5.73 Å². The number of carbonyl (C=O) groups is 2. The van der Waals surface area contributed by atoms with Gasteiger partial charge in [-0.1, -0.05) is 5.16 Å². The van der Waals surface area contributed by atoms with E-state index in [0.717, 1.165) is 42.8 Å². The first-order valence-electron chi connectivity index (χ1n) is 10.6. The summed E-state index contributed by atoms with van der Waals surface area (Å²) < 4.78 is 19.4. The molecule has 3 aromatic rings. The van der Waals surface area contributed by atoms with Crippen LogP contribution >= 0.6 is 0 Å². The van der Waals surface area contributed by atoms with Crippen LogP contribution in [0.3, 0.4) is 0 Å². The lowest BCUT2D eigenvalue weighted by Gasteiger charge is -2.36. The number of carboxylic acid groups (broad SMARTS) is 1. The summed E-state index contributed by atoms with van der Waals surface area (Å²) in [5.41, 5.74) is 7.64. The number of hydrogen-bond donors (Lipinski definition) is 3. The van der Waals surface area contributed by atoms with E-state index in [9.17, 15) is 14.0 Å². The predicted molar refractivity (Wildman–Crippen MR) is 119 cm³/mol. The van der Waals surface area contributed by atoms with Gasteiger partial charge < -0.3 is 25.6 Å². The molecule has 4 rings (SSSR count). The van der Waals surface area contributed by atoms with Gasteiger partial charge in [0, 0.05) is 35.9 Å². The van der Waals surface area contributed by atoms with Crippen LogP contribution in [-0.2, 0) is 6.54 Å². The molecule has 4 N–H and O–H groups in total. The van der Waals surface area contributed by atoms with E-state index in [1.54, 1.807) is 0 Å². The molecule has 0 radical (unpaired) electrons. The Morgan fingerprint density at radius 3 is 2.73 bits per heavy atom. The molecule has 1 atom stereocenters. The Morgan fingerprint density at radius 2 is 2.03 bits per heavy atom. The van der Waals surface area contributed by atoms with Gasteiger partial charge in [0.25, 0.3) is 5.89 Å². The average Bonchev–Trinajstić information content (AvgIpc) is 3.28. The molecule has 1 unspecified atom stereocenters. The highest BCUT2D eigenvalue weighted by Gasteiger charge is 2.22. The number of nitrogens with one attached hydrogen (secondary N) is 1. The van der Waals surface area contributed by atoms with Gasteiger partial charge in [0.1, 0.15) is 5.82 Å². The molecular formula is C23H24FN5O4. The zero-order chi connectivity index (χ0) is 23.5. The van der Waals surface area contributed by atoms with Crippen LogP contribution < -0.4 is 16.0 Å². The minimum atomic E-state index is -1.35. The molecule has 1 fully saturated rings. The SMILES string of the molecule is CC1CCCCN1c1ccc(-c2nc(-c3ccc(C(=O)O)c(F)c3)no2)cc1CNC(N)=O. The Kier molecular flexibility index (Phi) is 6.25. The van der Waals surface area contributed by atoms with Gasteiger partial charge in [0.15, 0.2) is 0 Å². The van der Waals surface area contributed by atoms with Crippen molar-refractivity contribution in [2.75, 3.05) is 11.4 Å². The van der Waals surface area contributed by atoms with Crippen LogP contribution in [0.5, 0.6) is 0 Å². The van der Waals surface area contributed by atoms with Gasteiger partial charge in [-0.2, -0.15) is 4.98 Å². The number of primary amides is 1. The fourth-order valence-electron chi connectivity index (χ4n) is 4.06. The number of hydrogen-bond acceptors (Lipinski definition) is 6. The van der Waals surface area contributed by atoms with E-state index < -0.39 is 23.4 Å². The van der Waals surface area contributed by atoms with Gasteiger partial charge in [0.2, 0.25) is 5.82 Å². The maximum atomic E-state index is 14.1. The standard InChI is InChI=1S/C23H24FN5O4/c1-13-4-2-3-9-29(13)19-8-6-15(10-16(19)12-26-23(25)32)21-27-20(28-33-21)14-5-7-17(22(30)31)18(24)11-14/h5-8,10-11,13H,2-4,9,12H2,1H3,(H,30,31)(H3,25,26,32). The van der Waals surface area contributed by atoms with Crippen LogP contribution in [0.25, 0.3) is 22.8 Å². The van der Waals surface area contributed by atoms with Crippen molar-refractivity contribution in [3.05, 3.63) is 53.3 Å². The molecule has 10 heteroatoms. The summed E-state index contributed by atoms with van der Waals surface area (Å²) >= 11 is 0. The summed E-state index contributed by atoms with van der Waals surface area (Å²) in [5.74, 6) is -1.89. The molecule has 2 amide bonds. The molecule has 1 saturated heterocycles. The number of halogens is 1. The summed E-state index contributed by atoms with van der Waals surface area (Å²) in [6, 6.07) is 9.06. The van der Waals surface area contributed by atoms with Crippen LogP contribution in [0.1, 0.15) is 42.1 Å².